The van der Waals surface area contributed by atoms with Crippen LogP contribution in [0, 0.1) is 3.57 Å². The van der Waals surface area contributed by atoms with E-state index >= 15 is 0 Å². The number of esters is 1. The quantitative estimate of drug-likeness (QED) is 0.540. The zero-order chi connectivity index (χ0) is 16.8. The number of nitrogens with zero attached hydrogens (tertiary/aromatic N) is 3. The summed E-state index contributed by atoms with van der Waals surface area (Å²) < 4.78 is 8.04. The molecule has 0 N–H and O–H groups in total. The second-order valence-corrected chi connectivity index (χ2v) is 7.13. The summed E-state index contributed by atoms with van der Waals surface area (Å²) in [5.41, 5.74) is 2.50. The van der Waals surface area contributed by atoms with E-state index in [1.807, 2.05) is 27.7 Å². The molecule has 1 atom stereocenters. The van der Waals surface area contributed by atoms with Gasteiger partial charge < -0.3 is 9.64 Å². The highest BCUT2D eigenvalue weighted by molar-refractivity contribution is 14.1. The van der Waals surface area contributed by atoms with Gasteiger partial charge in [-0.1, -0.05) is 0 Å². The molecule has 1 saturated heterocycles. The summed E-state index contributed by atoms with van der Waals surface area (Å²) in [6.45, 7) is 2.77. The van der Waals surface area contributed by atoms with Crippen LogP contribution in [0.5, 0.6) is 0 Å². The lowest BCUT2D eigenvalue weighted by Crippen LogP contribution is -2.30. The van der Waals surface area contributed by atoms with Gasteiger partial charge in [0.1, 0.15) is 6.33 Å². The molecule has 1 amide bonds. The highest BCUT2D eigenvalue weighted by Crippen LogP contribution is 2.40. The predicted octanol–water partition coefficient (Wildman–Crippen LogP) is 2.94. The molecule has 1 aromatic heterocycles. The second kappa shape index (κ2) is 5.87. The third-order valence-electron chi connectivity index (χ3n) is 4.55. The van der Waals surface area contributed by atoms with Crippen LogP contribution >= 0.6 is 22.6 Å². The number of hydrogen-bond donors (Lipinski definition) is 0. The molecule has 4 rings (SSSR count). The first-order valence-corrected chi connectivity index (χ1v) is 9.05. The highest BCUT2D eigenvalue weighted by atomic mass is 123. The van der Waals surface area contributed by atoms with Crippen molar-refractivity contribution in [3.05, 3.63) is 45.0 Å². The number of benzene rings is 1. The van der Waals surface area contributed by atoms with E-state index in [0.29, 0.717) is 24.4 Å². The molecule has 2 aliphatic heterocycles. The molecule has 0 radical (unpaired) electrons. The van der Waals surface area contributed by atoms with Gasteiger partial charge in [-0.3, -0.25) is 9.36 Å². The van der Waals surface area contributed by atoms with Crippen LogP contribution in [0.1, 0.15) is 52.3 Å². The number of amides is 1. The third-order valence-corrected chi connectivity index (χ3v) is 5.22. The Balaban J connectivity index is 1.96. The van der Waals surface area contributed by atoms with Crippen molar-refractivity contribution in [3.63, 3.8) is 0 Å². The van der Waals surface area contributed by atoms with E-state index in [-0.39, 0.29) is 11.9 Å². The van der Waals surface area contributed by atoms with Crippen molar-refractivity contribution < 1.29 is 14.3 Å². The van der Waals surface area contributed by atoms with Gasteiger partial charge >= 0.3 is 5.97 Å². The van der Waals surface area contributed by atoms with Crippen LogP contribution in [-0.4, -0.2) is 39.5 Å². The van der Waals surface area contributed by atoms with E-state index in [4.69, 9.17) is 4.74 Å². The van der Waals surface area contributed by atoms with Gasteiger partial charge in [0.2, 0.25) is 0 Å². The lowest BCUT2D eigenvalue weighted by Gasteiger charge is -2.22. The molecule has 0 aliphatic carbocycles. The van der Waals surface area contributed by atoms with E-state index in [1.165, 1.54) is 0 Å². The van der Waals surface area contributed by atoms with Crippen LogP contribution < -0.4 is 0 Å². The zero-order valence-electron chi connectivity index (χ0n) is 13.2. The van der Waals surface area contributed by atoms with Crippen LogP contribution in [0.15, 0.2) is 24.5 Å². The number of halogens is 1. The summed E-state index contributed by atoms with van der Waals surface area (Å²) in [4.78, 5) is 31.5. The summed E-state index contributed by atoms with van der Waals surface area (Å²) >= 11 is 2.21. The Morgan fingerprint density at radius 3 is 3.08 bits per heavy atom. The molecular weight excluding hydrogens is 417 g/mol. The largest absolute Gasteiger partial charge is 0.461 e. The van der Waals surface area contributed by atoms with Crippen molar-refractivity contribution in [1.82, 2.24) is 14.5 Å². The number of ether oxygens (including phenoxy) is 1. The number of hydrogen-bond acceptors (Lipinski definition) is 4. The summed E-state index contributed by atoms with van der Waals surface area (Å²) in [6, 6.07) is 5.63. The maximum Gasteiger partial charge on any atom is 0.358 e. The minimum absolute atomic E-state index is 0.0181. The monoisotopic (exact) mass is 433 g/mol. The molecule has 3 heterocycles. The third kappa shape index (κ3) is 2.25. The molecular formula is C17H16IN3O3. The molecule has 24 heavy (non-hydrogen) atoms. The van der Waals surface area contributed by atoms with Crippen LogP contribution in [0.25, 0.3) is 5.69 Å². The summed E-state index contributed by atoms with van der Waals surface area (Å²) in [5.74, 6) is -0.413. The number of carbonyl (C=O) groups is 2. The topological polar surface area (TPSA) is 64.4 Å². The molecule has 124 valence electrons. The average molecular weight is 433 g/mol. The molecule has 2 aliphatic rings. The Kier molecular flexibility index (Phi) is 3.82. The first-order valence-electron chi connectivity index (χ1n) is 7.97. The average Bonchev–Trinajstić information content (AvgIpc) is 3.18. The minimum Gasteiger partial charge on any atom is -0.461 e. The van der Waals surface area contributed by atoms with Gasteiger partial charge in [0.25, 0.3) is 5.91 Å². The highest BCUT2D eigenvalue weighted by Gasteiger charge is 2.40. The zero-order valence-corrected chi connectivity index (χ0v) is 15.3. The van der Waals surface area contributed by atoms with Crippen molar-refractivity contribution in [3.8, 4) is 5.69 Å². The van der Waals surface area contributed by atoms with Crippen molar-refractivity contribution in [1.29, 1.82) is 0 Å². The molecule has 1 aromatic carbocycles. The van der Waals surface area contributed by atoms with Crippen molar-refractivity contribution in [2.75, 3.05) is 13.2 Å². The van der Waals surface area contributed by atoms with Crippen LogP contribution in [0.3, 0.4) is 0 Å². The van der Waals surface area contributed by atoms with Gasteiger partial charge in [0.05, 0.1) is 29.6 Å². The van der Waals surface area contributed by atoms with Gasteiger partial charge in [-0.25, -0.2) is 9.78 Å². The van der Waals surface area contributed by atoms with E-state index in [2.05, 4.69) is 27.6 Å². The summed E-state index contributed by atoms with van der Waals surface area (Å²) in [5, 5.41) is 0. The summed E-state index contributed by atoms with van der Waals surface area (Å²) in [7, 11) is 0. The molecule has 0 bridgehead atoms. The van der Waals surface area contributed by atoms with Gasteiger partial charge in [0.15, 0.2) is 5.69 Å². The Morgan fingerprint density at radius 2 is 2.29 bits per heavy atom. The van der Waals surface area contributed by atoms with Crippen molar-refractivity contribution in [2.24, 2.45) is 0 Å². The number of fused-ring (bicyclic) bond motifs is 5. The molecule has 0 spiro atoms. The van der Waals surface area contributed by atoms with Crippen LogP contribution in [0.2, 0.25) is 0 Å². The normalized spacial score (nSPS) is 18.7. The van der Waals surface area contributed by atoms with Gasteiger partial charge in [-0.2, -0.15) is 0 Å². The molecule has 2 aromatic rings. The number of imidazole rings is 1. The Labute approximate surface area is 152 Å². The van der Waals surface area contributed by atoms with E-state index in [9.17, 15) is 9.59 Å². The Bertz CT molecular complexity index is 846. The van der Waals surface area contributed by atoms with Gasteiger partial charge in [-0.05, 0) is 60.6 Å². The SMILES string of the molecule is CCOC(=O)c1ncn2c1[C@@H]1CCCN1C(=O)c1cc([123I])ccc1-2. The number of carbonyl (C=O) groups excluding carboxylic acids is 2. The van der Waals surface area contributed by atoms with Gasteiger partial charge in [0, 0.05) is 10.1 Å². The van der Waals surface area contributed by atoms with Crippen LogP contribution in [0.4, 0.5) is 0 Å². The molecule has 6 nitrogen and oxygen atoms in total. The van der Waals surface area contributed by atoms with E-state index in [1.54, 1.807) is 13.3 Å². The van der Waals surface area contributed by atoms with E-state index < -0.39 is 5.97 Å². The lowest BCUT2D eigenvalue weighted by atomic mass is 10.1. The maximum absolute atomic E-state index is 13.0. The first kappa shape index (κ1) is 15.6. The Hall–Kier alpha value is -1.90. The predicted molar refractivity (Wildman–Crippen MR) is 95.2 cm³/mol. The number of rotatable bonds is 2. The second-order valence-electron chi connectivity index (χ2n) is 5.89. The van der Waals surface area contributed by atoms with E-state index in [0.717, 1.165) is 27.8 Å². The molecule has 1 fully saturated rings. The Morgan fingerprint density at radius 1 is 1.46 bits per heavy atom. The first-order chi connectivity index (χ1) is 11.6. The van der Waals surface area contributed by atoms with Crippen molar-refractivity contribution in [2.45, 2.75) is 25.8 Å². The van der Waals surface area contributed by atoms with Crippen LogP contribution in [-0.2, 0) is 4.74 Å². The molecule has 0 unspecified atom stereocenters. The minimum atomic E-state index is -0.431. The number of aromatic nitrogens is 2. The molecule has 0 saturated carbocycles. The fourth-order valence-electron chi connectivity index (χ4n) is 3.56. The van der Waals surface area contributed by atoms with Gasteiger partial charge in [-0.15, -0.1) is 0 Å². The fraction of sp³-hybridized carbons (Fsp3) is 0.353. The standard InChI is InChI=1S/C17H16IN3O3/c1-2-24-17(23)14-15-13-4-3-7-20(13)16(22)11-8-10(18)5-6-12(11)21(15)9-19-14/h5-6,8-9,13H,2-4,7H2,1H3/t13-/m0/s1/i18-4. The molecule has 7 heteroatoms. The lowest BCUT2D eigenvalue weighted by molar-refractivity contribution is 0.0513. The summed E-state index contributed by atoms with van der Waals surface area (Å²) in [6.07, 6.45) is 3.38. The fourth-order valence-corrected chi connectivity index (χ4v) is 4.05. The smallest absolute Gasteiger partial charge is 0.358 e. The maximum atomic E-state index is 13.0. The van der Waals surface area contributed by atoms with Crippen molar-refractivity contribution >= 4 is 34.5 Å².